The minimum absolute atomic E-state index is 0.0853. The molecule has 1 aliphatic rings. The zero-order valence-electron chi connectivity index (χ0n) is 16.4. The summed E-state index contributed by atoms with van der Waals surface area (Å²) in [6, 6.07) is 1.07. The van der Waals surface area contributed by atoms with Crippen molar-refractivity contribution in [2.75, 3.05) is 6.61 Å². The van der Waals surface area contributed by atoms with E-state index >= 15 is 0 Å². The van der Waals surface area contributed by atoms with E-state index in [0.717, 1.165) is 33.6 Å². The molecule has 2 rings (SSSR count). The zero-order chi connectivity index (χ0) is 19.8. The number of rotatable bonds is 4. The van der Waals surface area contributed by atoms with Crippen LogP contribution in [0, 0.1) is 13.8 Å². The second-order valence-electron chi connectivity index (χ2n) is 7.31. The Bertz CT molecular complexity index is 786. The number of imide groups is 1. The molecule has 2 amide bonds. The number of amides is 2. The van der Waals surface area contributed by atoms with Crippen LogP contribution in [0.3, 0.4) is 0 Å². The monoisotopic (exact) mass is 378 g/mol. The van der Waals surface area contributed by atoms with Crippen LogP contribution in [0.5, 0.6) is 0 Å². The van der Waals surface area contributed by atoms with Crippen LogP contribution in [-0.4, -0.2) is 39.2 Å². The molecule has 142 valence electrons. The predicted molar refractivity (Wildman–Crippen MR) is 103 cm³/mol. The predicted octanol–water partition coefficient (Wildman–Crippen LogP) is 3.85. The van der Waals surface area contributed by atoms with Gasteiger partial charge in [0.2, 0.25) is 0 Å². The molecule has 0 radical (unpaired) electrons. The molecule has 0 N–H and O–H groups in total. The molecule has 0 aliphatic carbocycles. The van der Waals surface area contributed by atoms with Crippen molar-refractivity contribution in [3.05, 3.63) is 27.9 Å². The van der Waals surface area contributed by atoms with Crippen LogP contribution in [0.25, 0.3) is 6.08 Å². The fourth-order valence-electron chi connectivity index (χ4n) is 3.29. The highest BCUT2D eigenvalue weighted by Gasteiger charge is 2.41. The molecule has 1 aromatic heterocycles. The van der Waals surface area contributed by atoms with Crippen LogP contribution in [0.15, 0.2) is 11.0 Å². The van der Waals surface area contributed by atoms with Gasteiger partial charge in [-0.25, -0.2) is 4.79 Å². The molecule has 26 heavy (non-hydrogen) atoms. The molecule has 0 unspecified atom stereocenters. The van der Waals surface area contributed by atoms with E-state index in [2.05, 4.69) is 25.3 Å². The van der Waals surface area contributed by atoms with Gasteiger partial charge in [-0.05, 0) is 77.9 Å². The first-order chi connectivity index (χ1) is 12.0. The quantitative estimate of drug-likeness (QED) is 0.588. The Labute approximate surface area is 158 Å². The second-order valence-corrected chi connectivity index (χ2v) is 8.31. The number of hydrogen-bond donors (Lipinski definition) is 0. The lowest BCUT2D eigenvalue weighted by Gasteiger charge is -2.25. The molecule has 1 saturated heterocycles. The third kappa shape index (κ3) is 3.72. The number of thioether (sulfide) groups is 1. The summed E-state index contributed by atoms with van der Waals surface area (Å²) >= 11 is 0.853. The van der Waals surface area contributed by atoms with Crippen LogP contribution >= 0.6 is 11.8 Å². The lowest BCUT2D eigenvalue weighted by Crippen LogP contribution is -2.42. The van der Waals surface area contributed by atoms with E-state index in [1.54, 1.807) is 13.0 Å². The van der Waals surface area contributed by atoms with Crippen molar-refractivity contribution in [1.29, 1.82) is 0 Å². The maximum atomic E-state index is 12.7. The van der Waals surface area contributed by atoms with Crippen molar-refractivity contribution in [3.8, 4) is 0 Å². The van der Waals surface area contributed by atoms with Gasteiger partial charge in [0.15, 0.2) is 0 Å². The molecule has 0 bridgehead atoms. The Morgan fingerprint density at radius 2 is 1.92 bits per heavy atom. The van der Waals surface area contributed by atoms with E-state index in [0.29, 0.717) is 4.91 Å². The first kappa shape index (κ1) is 20.3. The Kier molecular flexibility index (Phi) is 5.70. The molecule has 6 nitrogen and oxygen atoms in total. The Morgan fingerprint density at radius 3 is 2.42 bits per heavy atom. The summed E-state index contributed by atoms with van der Waals surface area (Å²) in [6.07, 6.45) is 1.73. The highest BCUT2D eigenvalue weighted by molar-refractivity contribution is 8.18. The van der Waals surface area contributed by atoms with Gasteiger partial charge in [-0.3, -0.25) is 14.5 Å². The molecule has 2 heterocycles. The van der Waals surface area contributed by atoms with Gasteiger partial charge in [0.1, 0.15) is 6.04 Å². The number of carbonyl (C=O) groups is 3. The summed E-state index contributed by atoms with van der Waals surface area (Å²) in [5, 5.41) is -0.452. The smallest absolute Gasteiger partial charge is 0.329 e. The minimum atomic E-state index is -0.935. The SMILES string of the molecule is CCOC(=O)[C@H](C)N1C(=O)S/C(=C/c2cc(C)n(C(C)(C)C)c2C)C1=O. The van der Waals surface area contributed by atoms with Crippen molar-refractivity contribution in [3.63, 3.8) is 0 Å². The molecule has 0 saturated carbocycles. The Morgan fingerprint density at radius 1 is 1.31 bits per heavy atom. The Hall–Kier alpha value is -2.02. The van der Waals surface area contributed by atoms with E-state index in [1.165, 1.54) is 6.92 Å². The maximum absolute atomic E-state index is 12.7. The largest absolute Gasteiger partial charge is 0.464 e. The summed E-state index contributed by atoms with van der Waals surface area (Å²) in [7, 11) is 0. The third-order valence-corrected chi connectivity index (χ3v) is 5.15. The molecule has 1 aromatic rings. The number of aromatic nitrogens is 1. The molecule has 0 spiro atoms. The van der Waals surface area contributed by atoms with Crippen LogP contribution in [0.4, 0.5) is 4.79 Å². The van der Waals surface area contributed by atoms with Crippen molar-refractivity contribution >= 4 is 35.0 Å². The number of esters is 1. The van der Waals surface area contributed by atoms with E-state index in [-0.39, 0.29) is 12.1 Å². The summed E-state index contributed by atoms with van der Waals surface area (Å²) in [5.41, 5.74) is 2.92. The first-order valence-electron chi connectivity index (χ1n) is 8.62. The van der Waals surface area contributed by atoms with Crippen molar-refractivity contribution in [1.82, 2.24) is 9.47 Å². The third-order valence-electron chi connectivity index (χ3n) is 4.27. The van der Waals surface area contributed by atoms with Gasteiger partial charge in [-0.15, -0.1) is 0 Å². The van der Waals surface area contributed by atoms with Gasteiger partial charge >= 0.3 is 5.97 Å². The number of hydrogen-bond acceptors (Lipinski definition) is 5. The average Bonchev–Trinajstić information content (AvgIpc) is 2.95. The number of aryl methyl sites for hydroxylation is 1. The van der Waals surface area contributed by atoms with E-state index < -0.39 is 23.2 Å². The van der Waals surface area contributed by atoms with Crippen LogP contribution < -0.4 is 0 Å². The maximum Gasteiger partial charge on any atom is 0.329 e. The normalized spacial score (nSPS) is 18.0. The van der Waals surface area contributed by atoms with Gasteiger partial charge in [0.25, 0.3) is 11.1 Å². The van der Waals surface area contributed by atoms with Crippen molar-refractivity contribution < 1.29 is 19.1 Å². The lowest BCUT2D eigenvalue weighted by molar-refractivity contribution is -0.150. The number of carbonyl (C=O) groups excluding carboxylic acids is 3. The molecule has 1 aliphatic heterocycles. The summed E-state index contributed by atoms with van der Waals surface area (Å²) in [6.45, 7) is 13.8. The highest BCUT2D eigenvalue weighted by Crippen LogP contribution is 2.35. The lowest BCUT2D eigenvalue weighted by atomic mass is 10.1. The van der Waals surface area contributed by atoms with Gasteiger partial charge in [-0.1, -0.05) is 0 Å². The van der Waals surface area contributed by atoms with Crippen molar-refractivity contribution in [2.45, 2.75) is 60.0 Å². The van der Waals surface area contributed by atoms with E-state index in [9.17, 15) is 14.4 Å². The fourth-order valence-corrected chi connectivity index (χ4v) is 4.19. The minimum Gasteiger partial charge on any atom is -0.464 e. The molecular weight excluding hydrogens is 352 g/mol. The Balaban J connectivity index is 2.36. The number of nitrogens with zero attached hydrogens (tertiary/aromatic N) is 2. The van der Waals surface area contributed by atoms with Crippen LogP contribution in [-0.2, 0) is 19.9 Å². The molecule has 7 heteroatoms. The highest BCUT2D eigenvalue weighted by atomic mass is 32.2. The fraction of sp³-hybridized carbons (Fsp3) is 0.526. The van der Waals surface area contributed by atoms with E-state index in [1.807, 2.05) is 19.9 Å². The molecule has 0 aromatic carbocycles. The van der Waals surface area contributed by atoms with Crippen molar-refractivity contribution in [2.24, 2.45) is 0 Å². The zero-order valence-corrected chi connectivity index (χ0v) is 17.2. The molecule has 1 atom stereocenters. The second kappa shape index (κ2) is 7.31. The van der Waals surface area contributed by atoms with Gasteiger partial charge in [0, 0.05) is 16.9 Å². The van der Waals surface area contributed by atoms with Gasteiger partial charge < -0.3 is 9.30 Å². The topological polar surface area (TPSA) is 68.6 Å². The van der Waals surface area contributed by atoms with Crippen LogP contribution in [0.2, 0.25) is 0 Å². The first-order valence-corrected chi connectivity index (χ1v) is 9.43. The summed E-state index contributed by atoms with van der Waals surface area (Å²) < 4.78 is 7.12. The van der Waals surface area contributed by atoms with Gasteiger partial charge in [-0.2, -0.15) is 0 Å². The van der Waals surface area contributed by atoms with Crippen LogP contribution in [0.1, 0.15) is 51.6 Å². The standard InChI is InChI=1S/C19H26N2O4S/c1-8-25-17(23)13(4)20-16(22)15(26-18(20)24)10-14-9-11(2)21(12(14)3)19(5,6)7/h9-10,13H,8H2,1-7H3/b15-10+/t13-/m0/s1. The summed E-state index contributed by atoms with van der Waals surface area (Å²) in [5.74, 6) is -1.04. The number of ether oxygens (including phenoxy) is 1. The summed E-state index contributed by atoms with van der Waals surface area (Å²) in [4.78, 5) is 38.1. The van der Waals surface area contributed by atoms with Gasteiger partial charge in [0.05, 0.1) is 11.5 Å². The molecular formula is C19H26N2O4S. The van der Waals surface area contributed by atoms with E-state index in [4.69, 9.17) is 4.74 Å². The average molecular weight is 378 g/mol. The molecule has 1 fully saturated rings.